The number of allylic oxidation sites excluding steroid dienone is 1. The second-order valence-electron chi connectivity index (χ2n) is 4.58. The van der Waals surface area contributed by atoms with E-state index in [4.69, 9.17) is 9.84 Å². The molecular weight excluding hydrogens is 306 g/mol. The van der Waals surface area contributed by atoms with Crippen LogP contribution in [0.3, 0.4) is 0 Å². The van der Waals surface area contributed by atoms with Crippen molar-refractivity contribution in [3.8, 4) is 5.75 Å². The van der Waals surface area contributed by atoms with Gasteiger partial charge in [0.1, 0.15) is 5.75 Å². The first kappa shape index (κ1) is 16.4. The summed E-state index contributed by atoms with van der Waals surface area (Å²) in [4.78, 5) is 22.3. The molecule has 0 atom stereocenters. The first-order valence-corrected chi connectivity index (χ1v) is 6.58. The minimum absolute atomic E-state index is 0.327. The van der Waals surface area contributed by atoms with Gasteiger partial charge in [0.2, 0.25) is 0 Å². The molecule has 0 aliphatic heterocycles. The molecule has 23 heavy (non-hydrogen) atoms. The molecule has 4 nitrogen and oxygen atoms in total. The van der Waals surface area contributed by atoms with E-state index in [0.717, 1.165) is 12.1 Å². The topological polar surface area (TPSA) is 63.6 Å². The molecule has 0 saturated carbocycles. The molecule has 2 aromatic rings. The van der Waals surface area contributed by atoms with Crippen molar-refractivity contribution in [2.45, 2.75) is 0 Å². The lowest BCUT2D eigenvalue weighted by atomic mass is 10.1. The Hall–Kier alpha value is -3.02. The summed E-state index contributed by atoms with van der Waals surface area (Å²) >= 11 is 0. The average Bonchev–Trinajstić information content (AvgIpc) is 2.54. The molecule has 2 rings (SSSR count). The Labute approximate surface area is 130 Å². The van der Waals surface area contributed by atoms with Gasteiger partial charge >= 0.3 is 5.97 Å². The molecule has 0 spiro atoms. The second kappa shape index (κ2) is 7.31. The molecule has 0 saturated heterocycles. The first-order chi connectivity index (χ1) is 11.0. The highest BCUT2D eigenvalue weighted by atomic mass is 19.2. The third-order valence-electron chi connectivity index (χ3n) is 2.87. The van der Waals surface area contributed by atoms with Gasteiger partial charge in [-0.2, -0.15) is 0 Å². The van der Waals surface area contributed by atoms with Crippen LogP contribution in [0.25, 0.3) is 6.08 Å². The summed E-state index contributed by atoms with van der Waals surface area (Å²) < 4.78 is 30.8. The van der Waals surface area contributed by atoms with Gasteiger partial charge in [-0.1, -0.05) is 12.1 Å². The van der Waals surface area contributed by atoms with Crippen LogP contribution in [0, 0.1) is 11.6 Å². The maximum Gasteiger partial charge on any atom is 0.341 e. The maximum atomic E-state index is 13.1. The number of carboxylic acids is 1. The summed E-state index contributed by atoms with van der Waals surface area (Å²) in [6.07, 6.45) is 2.61. The number of hydrogen-bond donors (Lipinski definition) is 1. The number of halogens is 2. The van der Waals surface area contributed by atoms with Gasteiger partial charge in [0.15, 0.2) is 24.0 Å². The molecule has 2 aromatic carbocycles. The molecule has 0 aliphatic carbocycles. The molecule has 0 fully saturated rings. The molecule has 0 radical (unpaired) electrons. The largest absolute Gasteiger partial charge is 0.482 e. The van der Waals surface area contributed by atoms with Crippen molar-refractivity contribution < 1.29 is 28.2 Å². The summed E-state index contributed by atoms with van der Waals surface area (Å²) in [5, 5.41) is 8.49. The van der Waals surface area contributed by atoms with Crippen molar-refractivity contribution in [3.05, 3.63) is 71.3 Å². The quantitative estimate of drug-likeness (QED) is 0.655. The van der Waals surface area contributed by atoms with E-state index in [0.29, 0.717) is 16.9 Å². The third-order valence-corrected chi connectivity index (χ3v) is 2.87. The Morgan fingerprint density at radius 3 is 2.35 bits per heavy atom. The van der Waals surface area contributed by atoms with Gasteiger partial charge in [-0.15, -0.1) is 0 Å². The molecule has 0 bridgehead atoms. The predicted molar refractivity (Wildman–Crippen MR) is 79.3 cm³/mol. The van der Waals surface area contributed by atoms with Crippen LogP contribution >= 0.6 is 0 Å². The Bertz CT molecular complexity index is 752. The maximum absolute atomic E-state index is 13.1. The zero-order valence-corrected chi connectivity index (χ0v) is 11.8. The highest BCUT2D eigenvalue weighted by Crippen LogP contribution is 2.14. The van der Waals surface area contributed by atoms with Crippen molar-refractivity contribution in [2.24, 2.45) is 0 Å². The molecule has 0 aliphatic rings. The zero-order chi connectivity index (χ0) is 16.8. The number of ether oxygens (including phenoxy) is 1. The minimum atomic E-state index is -1.10. The van der Waals surface area contributed by atoms with Crippen LogP contribution in [-0.4, -0.2) is 23.5 Å². The highest BCUT2D eigenvalue weighted by molar-refractivity contribution is 6.06. The van der Waals surface area contributed by atoms with Crippen molar-refractivity contribution in [2.75, 3.05) is 6.61 Å². The molecule has 1 N–H and O–H groups in total. The van der Waals surface area contributed by atoms with Gasteiger partial charge in [0, 0.05) is 5.56 Å². The van der Waals surface area contributed by atoms with Gasteiger partial charge in [0.05, 0.1) is 0 Å². The number of benzene rings is 2. The van der Waals surface area contributed by atoms with Gasteiger partial charge in [-0.3, -0.25) is 4.79 Å². The van der Waals surface area contributed by atoms with E-state index in [1.165, 1.54) is 42.5 Å². The van der Waals surface area contributed by atoms with E-state index >= 15 is 0 Å². The second-order valence-corrected chi connectivity index (χ2v) is 4.58. The minimum Gasteiger partial charge on any atom is -0.482 e. The lowest BCUT2D eigenvalue weighted by Gasteiger charge is -2.03. The molecular formula is C17H12F2O4. The molecule has 0 aromatic heterocycles. The Morgan fingerprint density at radius 1 is 1.04 bits per heavy atom. The summed E-state index contributed by atoms with van der Waals surface area (Å²) in [6, 6.07) is 9.23. The number of carbonyl (C=O) groups is 2. The van der Waals surface area contributed by atoms with E-state index < -0.39 is 24.2 Å². The average molecular weight is 318 g/mol. The third kappa shape index (κ3) is 4.74. The number of aliphatic carboxylic acids is 1. The Morgan fingerprint density at radius 2 is 1.74 bits per heavy atom. The van der Waals surface area contributed by atoms with Crippen molar-refractivity contribution in [1.29, 1.82) is 0 Å². The molecule has 6 heteroatoms. The highest BCUT2D eigenvalue weighted by Gasteiger charge is 2.05. The van der Waals surface area contributed by atoms with Crippen LogP contribution in [0.15, 0.2) is 48.5 Å². The molecule has 0 unspecified atom stereocenters. The number of carboxylic acid groups (broad SMARTS) is 1. The molecule has 118 valence electrons. The number of hydrogen-bond acceptors (Lipinski definition) is 3. The van der Waals surface area contributed by atoms with Gasteiger partial charge in [-0.05, 0) is 48.0 Å². The number of carbonyl (C=O) groups excluding carboxylic acids is 1. The fourth-order valence-corrected chi connectivity index (χ4v) is 1.74. The lowest BCUT2D eigenvalue weighted by molar-refractivity contribution is -0.139. The van der Waals surface area contributed by atoms with Gasteiger partial charge in [-0.25, -0.2) is 13.6 Å². The standard InChI is InChI=1S/C17H12F2O4/c18-14-7-1-11(9-15(14)19)2-8-16(20)12-3-5-13(6-4-12)23-10-17(21)22/h1-9H,10H2,(H,21,22). The smallest absolute Gasteiger partial charge is 0.341 e. The number of ketones is 1. The van der Waals surface area contributed by atoms with E-state index in [1.807, 2.05) is 0 Å². The summed E-state index contributed by atoms with van der Waals surface area (Å²) in [6.45, 7) is -0.469. The number of rotatable bonds is 6. The summed E-state index contributed by atoms with van der Waals surface area (Å²) in [5.74, 6) is -3.04. The molecule has 0 heterocycles. The van der Waals surface area contributed by atoms with Crippen LogP contribution in [0.4, 0.5) is 8.78 Å². The van der Waals surface area contributed by atoms with Crippen molar-refractivity contribution >= 4 is 17.8 Å². The lowest BCUT2D eigenvalue weighted by Crippen LogP contribution is -2.09. The van der Waals surface area contributed by atoms with Crippen LogP contribution in [-0.2, 0) is 4.79 Å². The first-order valence-electron chi connectivity index (χ1n) is 6.58. The van der Waals surface area contributed by atoms with E-state index in [9.17, 15) is 18.4 Å². The van der Waals surface area contributed by atoms with Gasteiger partial charge in [0.25, 0.3) is 0 Å². The van der Waals surface area contributed by atoms with E-state index in [1.54, 1.807) is 0 Å². The fraction of sp³-hybridized carbons (Fsp3) is 0.0588. The SMILES string of the molecule is O=C(O)COc1ccc(C(=O)C=Cc2ccc(F)c(F)c2)cc1. The van der Waals surface area contributed by atoms with Crippen LogP contribution in [0.5, 0.6) is 5.75 Å². The van der Waals surface area contributed by atoms with Crippen LogP contribution < -0.4 is 4.74 Å². The Balaban J connectivity index is 2.03. The van der Waals surface area contributed by atoms with E-state index in [2.05, 4.69) is 0 Å². The van der Waals surface area contributed by atoms with Crippen molar-refractivity contribution in [1.82, 2.24) is 0 Å². The molecule has 0 amide bonds. The van der Waals surface area contributed by atoms with Crippen LogP contribution in [0.1, 0.15) is 15.9 Å². The van der Waals surface area contributed by atoms with Gasteiger partial charge < -0.3 is 9.84 Å². The zero-order valence-electron chi connectivity index (χ0n) is 11.8. The Kier molecular flexibility index (Phi) is 5.19. The normalized spacial score (nSPS) is 10.7. The van der Waals surface area contributed by atoms with Crippen molar-refractivity contribution in [3.63, 3.8) is 0 Å². The fourth-order valence-electron chi connectivity index (χ4n) is 1.74. The van der Waals surface area contributed by atoms with Crippen LogP contribution in [0.2, 0.25) is 0 Å². The summed E-state index contributed by atoms with van der Waals surface area (Å²) in [5.41, 5.74) is 0.713. The van der Waals surface area contributed by atoms with E-state index in [-0.39, 0.29) is 5.78 Å². The predicted octanol–water partition coefficient (Wildman–Crippen LogP) is 3.32. The summed E-state index contributed by atoms with van der Waals surface area (Å²) in [7, 11) is 0. The monoisotopic (exact) mass is 318 g/mol.